The number of rotatable bonds is 11. The van der Waals surface area contributed by atoms with Crippen molar-refractivity contribution in [2.45, 2.75) is 50.2 Å². The third-order valence-electron chi connectivity index (χ3n) is 8.32. The number of nitrogens with zero attached hydrogens (tertiary/aromatic N) is 2. The van der Waals surface area contributed by atoms with Gasteiger partial charge < -0.3 is 5.73 Å². The Morgan fingerprint density at radius 3 is 2.05 bits per heavy atom. The molecule has 2 fully saturated rings. The number of hydrogen-bond donors (Lipinski definition) is 2. The van der Waals surface area contributed by atoms with Crippen molar-refractivity contribution in [1.29, 1.82) is 0 Å². The van der Waals surface area contributed by atoms with E-state index in [1.54, 1.807) is 12.1 Å². The highest BCUT2D eigenvalue weighted by atomic mass is 32.2. The smallest absolute Gasteiger partial charge is 0.261 e. The van der Waals surface area contributed by atoms with Crippen LogP contribution in [-0.4, -0.2) is 80.6 Å². The van der Waals surface area contributed by atoms with E-state index >= 15 is 0 Å². The molecular formula is C27H31F3N4O6S2. The SMILES string of the molecule is N[C@H](Cc1cc(F)c(F)cc1F)C1CC2CCC(C1)N2S(=O)(=O)CCNS(=O)(=O)CCN1C(=O)c2ccccc2C1=O. The molecule has 0 aliphatic carbocycles. The summed E-state index contributed by atoms with van der Waals surface area (Å²) in [4.78, 5) is 25.8. The Labute approximate surface area is 242 Å². The van der Waals surface area contributed by atoms with Gasteiger partial charge in [-0.25, -0.2) is 34.7 Å². The summed E-state index contributed by atoms with van der Waals surface area (Å²) < 4.78 is 96.3. The van der Waals surface area contributed by atoms with Gasteiger partial charge in [0.2, 0.25) is 20.0 Å². The Morgan fingerprint density at radius 2 is 1.45 bits per heavy atom. The van der Waals surface area contributed by atoms with Gasteiger partial charge in [-0.3, -0.25) is 14.5 Å². The van der Waals surface area contributed by atoms with Crippen LogP contribution in [0.5, 0.6) is 0 Å². The zero-order valence-corrected chi connectivity index (χ0v) is 24.1. The summed E-state index contributed by atoms with van der Waals surface area (Å²) in [5, 5.41) is 0. The molecule has 2 aromatic rings. The molecule has 3 atom stereocenters. The molecule has 2 saturated heterocycles. The molecule has 42 heavy (non-hydrogen) atoms. The average Bonchev–Trinajstić information content (AvgIpc) is 3.35. The van der Waals surface area contributed by atoms with Crippen LogP contribution in [0.2, 0.25) is 0 Å². The van der Waals surface area contributed by atoms with Crippen molar-refractivity contribution in [2.24, 2.45) is 11.7 Å². The summed E-state index contributed by atoms with van der Waals surface area (Å²) in [6, 6.07) is 6.15. The lowest BCUT2D eigenvalue weighted by atomic mass is 9.83. The quantitative estimate of drug-likeness (QED) is 0.285. The van der Waals surface area contributed by atoms with Gasteiger partial charge in [-0.1, -0.05) is 12.1 Å². The van der Waals surface area contributed by atoms with Crippen LogP contribution >= 0.6 is 0 Å². The molecule has 228 valence electrons. The summed E-state index contributed by atoms with van der Waals surface area (Å²) in [6.07, 6.45) is 1.99. The molecule has 3 aliphatic heterocycles. The summed E-state index contributed by atoms with van der Waals surface area (Å²) in [5.41, 5.74) is 6.68. The molecule has 2 amide bonds. The zero-order valence-electron chi connectivity index (χ0n) is 22.5. The number of carbonyl (C=O) groups excluding carboxylic acids is 2. The van der Waals surface area contributed by atoms with Crippen LogP contribution < -0.4 is 10.5 Å². The molecule has 15 heteroatoms. The maximum absolute atomic E-state index is 14.1. The van der Waals surface area contributed by atoms with Gasteiger partial charge in [-0.05, 0) is 61.8 Å². The number of hydrogen-bond acceptors (Lipinski definition) is 7. The van der Waals surface area contributed by atoms with Gasteiger partial charge in [0.25, 0.3) is 11.8 Å². The Morgan fingerprint density at radius 1 is 0.881 bits per heavy atom. The number of halogens is 3. The first-order valence-corrected chi connectivity index (χ1v) is 16.9. The number of nitrogens with two attached hydrogens (primary N) is 1. The predicted octanol–water partition coefficient (Wildman–Crippen LogP) is 1.76. The van der Waals surface area contributed by atoms with Crippen molar-refractivity contribution in [3.8, 4) is 0 Å². The van der Waals surface area contributed by atoms with E-state index in [1.807, 2.05) is 0 Å². The standard InChI is InChI=1S/C27H31F3N4O6S2/c28-22-15-24(30)23(29)13-16(22)14-25(31)17-11-18-5-6-19(12-17)34(18)42(39,40)9-7-32-41(37,38)10-8-33-26(35)20-3-1-2-4-21(20)27(33)36/h1-4,13,15,17-19,25,32H,5-12,14,31H2/t17?,18?,19?,25-/m1/s1. The van der Waals surface area contributed by atoms with Crippen molar-refractivity contribution >= 4 is 31.9 Å². The van der Waals surface area contributed by atoms with Gasteiger partial charge in [0, 0.05) is 37.3 Å². The van der Waals surface area contributed by atoms with Gasteiger partial charge in [0.1, 0.15) is 5.82 Å². The first-order valence-electron chi connectivity index (χ1n) is 13.6. The minimum atomic E-state index is -4.00. The minimum absolute atomic E-state index is 0.0254. The van der Waals surface area contributed by atoms with Crippen molar-refractivity contribution in [3.05, 3.63) is 70.5 Å². The third kappa shape index (κ3) is 6.11. The van der Waals surface area contributed by atoms with Crippen molar-refractivity contribution in [3.63, 3.8) is 0 Å². The highest BCUT2D eigenvalue weighted by Crippen LogP contribution is 2.42. The zero-order chi connectivity index (χ0) is 30.4. The third-order valence-corrected chi connectivity index (χ3v) is 11.6. The molecule has 3 aliphatic rings. The second-order valence-electron chi connectivity index (χ2n) is 11.0. The van der Waals surface area contributed by atoms with E-state index in [2.05, 4.69) is 4.72 Å². The van der Waals surface area contributed by atoms with E-state index in [9.17, 15) is 39.6 Å². The Hall–Kier alpha value is -2.85. The van der Waals surface area contributed by atoms with Gasteiger partial charge >= 0.3 is 0 Å². The van der Waals surface area contributed by atoms with E-state index in [-0.39, 0.29) is 54.2 Å². The number of nitrogens with one attached hydrogen (secondary N) is 1. The maximum Gasteiger partial charge on any atom is 0.261 e. The molecule has 10 nitrogen and oxygen atoms in total. The molecule has 2 unspecified atom stereocenters. The fourth-order valence-electron chi connectivity index (χ4n) is 6.28. The number of piperidine rings is 1. The van der Waals surface area contributed by atoms with Crippen molar-refractivity contribution in [2.75, 3.05) is 24.6 Å². The summed E-state index contributed by atoms with van der Waals surface area (Å²) in [7, 11) is -7.86. The lowest BCUT2D eigenvalue weighted by Crippen LogP contribution is -2.51. The average molecular weight is 629 g/mol. The van der Waals surface area contributed by atoms with Crippen LogP contribution in [-0.2, 0) is 26.5 Å². The number of carbonyl (C=O) groups is 2. The second-order valence-corrected chi connectivity index (χ2v) is 14.9. The summed E-state index contributed by atoms with van der Waals surface area (Å²) >= 11 is 0. The van der Waals surface area contributed by atoms with Crippen molar-refractivity contribution in [1.82, 2.24) is 13.9 Å². The van der Waals surface area contributed by atoms with Crippen LogP contribution in [0.3, 0.4) is 0 Å². The normalized spacial score (nSPS) is 23.4. The molecule has 3 N–H and O–H groups in total. The van der Waals surface area contributed by atoms with Gasteiger partial charge in [0.05, 0.1) is 22.6 Å². The van der Waals surface area contributed by atoms with E-state index in [0.717, 1.165) is 11.0 Å². The fourth-order valence-corrected chi connectivity index (χ4v) is 9.25. The molecule has 0 spiro atoms. The number of benzene rings is 2. The van der Waals surface area contributed by atoms with Crippen LogP contribution in [0, 0.1) is 23.4 Å². The van der Waals surface area contributed by atoms with Crippen LogP contribution in [0.25, 0.3) is 0 Å². The lowest BCUT2D eigenvalue weighted by molar-refractivity contribution is 0.0664. The van der Waals surface area contributed by atoms with E-state index in [4.69, 9.17) is 5.73 Å². The molecule has 0 aromatic heterocycles. The largest absolute Gasteiger partial charge is 0.327 e. The summed E-state index contributed by atoms with van der Waals surface area (Å²) in [5.74, 6) is -5.73. The molecule has 2 aromatic carbocycles. The van der Waals surface area contributed by atoms with Gasteiger partial charge in [0.15, 0.2) is 11.6 Å². The topological polar surface area (TPSA) is 147 Å². The summed E-state index contributed by atoms with van der Waals surface area (Å²) in [6.45, 7) is -0.762. The lowest BCUT2D eigenvalue weighted by Gasteiger charge is -2.40. The van der Waals surface area contributed by atoms with Crippen LogP contribution in [0.1, 0.15) is 52.0 Å². The number of fused-ring (bicyclic) bond motifs is 3. The first-order chi connectivity index (χ1) is 19.8. The maximum atomic E-state index is 14.1. The van der Waals surface area contributed by atoms with E-state index in [1.165, 1.54) is 16.4 Å². The number of amides is 2. The van der Waals surface area contributed by atoms with E-state index < -0.39 is 66.9 Å². The molecular weight excluding hydrogens is 597 g/mol. The second kappa shape index (κ2) is 11.7. The van der Waals surface area contributed by atoms with Crippen molar-refractivity contribution < 1.29 is 39.6 Å². The molecule has 2 bridgehead atoms. The predicted molar refractivity (Wildman–Crippen MR) is 147 cm³/mol. The number of sulfonamides is 2. The molecule has 0 saturated carbocycles. The molecule has 3 heterocycles. The Balaban J connectivity index is 1.13. The first kappa shape index (κ1) is 30.6. The van der Waals surface area contributed by atoms with Crippen LogP contribution in [0.4, 0.5) is 13.2 Å². The highest BCUT2D eigenvalue weighted by molar-refractivity contribution is 7.90. The van der Waals surface area contributed by atoms with Gasteiger partial charge in [-0.15, -0.1) is 0 Å². The molecule has 5 rings (SSSR count). The highest BCUT2D eigenvalue weighted by Gasteiger charge is 2.47. The Kier molecular flexibility index (Phi) is 8.51. The Bertz CT molecular complexity index is 1570. The fraction of sp³-hybridized carbons (Fsp3) is 0.481. The monoisotopic (exact) mass is 628 g/mol. The van der Waals surface area contributed by atoms with Crippen LogP contribution in [0.15, 0.2) is 36.4 Å². The van der Waals surface area contributed by atoms with E-state index in [0.29, 0.717) is 31.7 Å². The molecule has 0 radical (unpaired) electrons. The van der Waals surface area contributed by atoms with Gasteiger partial charge in [-0.2, -0.15) is 4.31 Å². The minimum Gasteiger partial charge on any atom is -0.327 e. The number of imide groups is 1.